The van der Waals surface area contributed by atoms with Crippen LogP contribution < -0.4 is 4.74 Å². The van der Waals surface area contributed by atoms with Crippen molar-refractivity contribution < 1.29 is 4.74 Å². The Balaban J connectivity index is 1.36. The van der Waals surface area contributed by atoms with Gasteiger partial charge in [-0.3, -0.25) is 0 Å². The molecule has 32 heavy (non-hydrogen) atoms. The summed E-state index contributed by atoms with van der Waals surface area (Å²) < 4.78 is 8.98. The first kappa shape index (κ1) is 20.5. The van der Waals surface area contributed by atoms with E-state index in [0.717, 1.165) is 52.5 Å². The van der Waals surface area contributed by atoms with Crippen molar-refractivity contribution in [2.45, 2.75) is 49.8 Å². The molecule has 3 aromatic rings. The molecule has 2 aliphatic heterocycles. The standard InChI is InChI=1S/C27H24Br2N2O/c28-21-8-6-20(7-9-21)24-17-25-23-16-22(29)10-11-26(23)32-27(31(25)30-24)14-12-19(13-15-27)18-4-2-1-3-5-18/h1-11,16,19,25H,12-15,17H2. The SMILES string of the molecule is Brc1ccc(C2=NN3C(C2)c2cc(Br)ccc2OC32CCC(c3ccccc3)CC2)cc1. The molecule has 1 fully saturated rings. The summed E-state index contributed by atoms with van der Waals surface area (Å²) in [5.41, 5.74) is 4.63. The van der Waals surface area contributed by atoms with Gasteiger partial charge in [-0.15, -0.1) is 0 Å². The molecule has 0 saturated heterocycles. The van der Waals surface area contributed by atoms with Gasteiger partial charge >= 0.3 is 0 Å². The maximum atomic E-state index is 6.81. The average Bonchev–Trinajstić information content (AvgIpc) is 3.28. The second kappa shape index (κ2) is 8.03. The van der Waals surface area contributed by atoms with Crippen LogP contribution in [0.3, 0.4) is 0 Å². The number of benzene rings is 3. The Hall–Kier alpha value is -2.11. The summed E-state index contributed by atoms with van der Waals surface area (Å²) in [6.07, 6.45) is 5.09. The number of hydrogen-bond acceptors (Lipinski definition) is 3. The molecule has 1 spiro atoms. The molecule has 1 aliphatic carbocycles. The molecule has 0 amide bonds. The van der Waals surface area contributed by atoms with E-state index < -0.39 is 0 Å². The van der Waals surface area contributed by atoms with Crippen molar-refractivity contribution in [2.24, 2.45) is 5.10 Å². The molecule has 3 aliphatic rings. The van der Waals surface area contributed by atoms with Crippen LogP contribution in [0.4, 0.5) is 0 Å². The Morgan fingerprint density at radius 1 is 0.875 bits per heavy atom. The van der Waals surface area contributed by atoms with Crippen molar-refractivity contribution in [1.82, 2.24) is 5.01 Å². The predicted molar refractivity (Wildman–Crippen MR) is 135 cm³/mol. The number of nitrogens with zero attached hydrogens (tertiary/aromatic N) is 2. The minimum Gasteiger partial charge on any atom is -0.466 e. The van der Waals surface area contributed by atoms with Crippen LogP contribution >= 0.6 is 31.9 Å². The molecule has 1 unspecified atom stereocenters. The van der Waals surface area contributed by atoms with Gasteiger partial charge in [-0.25, -0.2) is 5.01 Å². The van der Waals surface area contributed by atoms with Crippen LogP contribution in [0.5, 0.6) is 5.75 Å². The van der Waals surface area contributed by atoms with Gasteiger partial charge in [-0.2, -0.15) is 5.10 Å². The fourth-order valence-corrected chi connectivity index (χ4v) is 6.17. The molecule has 5 heteroatoms. The van der Waals surface area contributed by atoms with Crippen molar-refractivity contribution in [1.29, 1.82) is 0 Å². The molecular weight excluding hydrogens is 528 g/mol. The minimum atomic E-state index is -0.367. The van der Waals surface area contributed by atoms with Gasteiger partial charge in [-0.05, 0) is 60.2 Å². The summed E-state index contributed by atoms with van der Waals surface area (Å²) in [6, 6.07) is 26.0. The molecule has 0 N–H and O–H groups in total. The maximum absolute atomic E-state index is 6.81. The summed E-state index contributed by atoms with van der Waals surface area (Å²) in [4.78, 5) is 0. The second-order valence-electron chi connectivity index (χ2n) is 9.03. The third-order valence-electron chi connectivity index (χ3n) is 7.17. The highest BCUT2D eigenvalue weighted by atomic mass is 79.9. The van der Waals surface area contributed by atoms with Gasteiger partial charge < -0.3 is 4.74 Å². The normalized spacial score (nSPS) is 26.3. The Morgan fingerprint density at radius 2 is 1.59 bits per heavy atom. The molecule has 2 heterocycles. The van der Waals surface area contributed by atoms with Crippen LogP contribution in [0.25, 0.3) is 0 Å². The molecule has 0 bridgehead atoms. The van der Waals surface area contributed by atoms with Gasteiger partial charge in [-0.1, -0.05) is 74.3 Å². The lowest BCUT2D eigenvalue weighted by atomic mass is 9.78. The van der Waals surface area contributed by atoms with Crippen molar-refractivity contribution >= 4 is 37.6 Å². The smallest absolute Gasteiger partial charge is 0.198 e. The molecule has 3 nitrogen and oxygen atoms in total. The monoisotopic (exact) mass is 550 g/mol. The van der Waals surface area contributed by atoms with Crippen molar-refractivity contribution in [3.63, 3.8) is 0 Å². The minimum absolute atomic E-state index is 0.211. The van der Waals surface area contributed by atoms with E-state index in [1.807, 2.05) is 0 Å². The van der Waals surface area contributed by atoms with Crippen LogP contribution in [0, 0.1) is 0 Å². The molecule has 0 radical (unpaired) electrons. The molecule has 1 atom stereocenters. The number of ether oxygens (including phenoxy) is 1. The largest absolute Gasteiger partial charge is 0.466 e. The third kappa shape index (κ3) is 3.50. The summed E-state index contributed by atoms with van der Waals surface area (Å²) in [5, 5.41) is 7.51. The topological polar surface area (TPSA) is 24.8 Å². The molecule has 1 saturated carbocycles. The van der Waals surface area contributed by atoms with Gasteiger partial charge in [0.05, 0.1) is 11.8 Å². The zero-order valence-electron chi connectivity index (χ0n) is 17.7. The van der Waals surface area contributed by atoms with E-state index in [9.17, 15) is 0 Å². The zero-order valence-corrected chi connectivity index (χ0v) is 20.8. The van der Waals surface area contributed by atoms with Crippen LogP contribution in [0.1, 0.15) is 60.8 Å². The summed E-state index contributed by atoms with van der Waals surface area (Å²) in [6.45, 7) is 0. The lowest BCUT2D eigenvalue weighted by Gasteiger charge is -2.50. The van der Waals surface area contributed by atoms with Gasteiger partial charge in [0.25, 0.3) is 0 Å². The molecule has 162 valence electrons. The fraction of sp³-hybridized carbons (Fsp3) is 0.296. The summed E-state index contributed by atoms with van der Waals surface area (Å²) in [7, 11) is 0. The molecule has 0 aromatic heterocycles. The predicted octanol–water partition coefficient (Wildman–Crippen LogP) is 7.81. The highest BCUT2D eigenvalue weighted by Crippen LogP contribution is 2.53. The maximum Gasteiger partial charge on any atom is 0.198 e. The number of hydrazone groups is 1. The highest BCUT2D eigenvalue weighted by Gasteiger charge is 2.52. The molecule has 6 rings (SSSR count). The number of halogens is 2. The van der Waals surface area contributed by atoms with E-state index in [1.165, 1.54) is 16.7 Å². The van der Waals surface area contributed by atoms with Crippen LogP contribution in [0.15, 0.2) is 86.8 Å². The van der Waals surface area contributed by atoms with Gasteiger partial charge in [0.1, 0.15) is 5.75 Å². The summed E-state index contributed by atoms with van der Waals surface area (Å²) >= 11 is 7.21. The van der Waals surface area contributed by atoms with Crippen LogP contribution in [0.2, 0.25) is 0 Å². The summed E-state index contributed by atoms with van der Waals surface area (Å²) in [5.74, 6) is 1.60. The Kier molecular flexibility index (Phi) is 5.14. The number of hydrogen-bond donors (Lipinski definition) is 0. The van der Waals surface area contributed by atoms with E-state index in [4.69, 9.17) is 9.84 Å². The first-order chi connectivity index (χ1) is 15.6. The quantitative estimate of drug-likeness (QED) is 0.324. The Morgan fingerprint density at radius 3 is 2.34 bits per heavy atom. The number of rotatable bonds is 2. The average molecular weight is 552 g/mol. The second-order valence-corrected chi connectivity index (χ2v) is 10.9. The van der Waals surface area contributed by atoms with E-state index in [1.54, 1.807) is 0 Å². The van der Waals surface area contributed by atoms with E-state index in [2.05, 4.69) is 110 Å². The number of fused-ring (bicyclic) bond motifs is 4. The van der Waals surface area contributed by atoms with E-state index in [0.29, 0.717) is 5.92 Å². The Bertz CT molecular complexity index is 1170. The lowest BCUT2D eigenvalue weighted by Crippen LogP contribution is -2.55. The third-order valence-corrected chi connectivity index (χ3v) is 8.20. The van der Waals surface area contributed by atoms with Gasteiger partial charge in [0, 0.05) is 33.8 Å². The lowest BCUT2D eigenvalue weighted by molar-refractivity contribution is -0.142. The molecule has 3 aromatic carbocycles. The fourth-order valence-electron chi connectivity index (χ4n) is 5.53. The zero-order chi connectivity index (χ0) is 21.7. The first-order valence-electron chi connectivity index (χ1n) is 11.3. The highest BCUT2D eigenvalue weighted by molar-refractivity contribution is 9.10. The van der Waals surface area contributed by atoms with Gasteiger partial charge in [0.15, 0.2) is 5.72 Å². The van der Waals surface area contributed by atoms with Crippen molar-refractivity contribution in [3.05, 3.63) is 98.4 Å². The Labute approximate surface area is 205 Å². The van der Waals surface area contributed by atoms with Crippen LogP contribution in [-0.2, 0) is 0 Å². The van der Waals surface area contributed by atoms with E-state index >= 15 is 0 Å². The molecular formula is C27H24Br2N2O. The van der Waals surface area contributed by atoms with Crippen molar-refractivity contribution in [2.75, 3.05) is 0 Å². The van der Waals surface area contributed by atoms with Crippen molar-refractivity contribution in [3.8, 4) is 5.75 Å². The van der Waals surface area contributed by atoms with Crippen LogP contribution in [-0.4, -0.2) is 16.4 Å². The van der Waals surface area contributed by atoms with E-state index in [-0.39, 0.29) is 11.8 Å². The first-order valence-corrected chi connectivity index (χ1v) is 12.9. The van der Waals surface area contributed by atoms with Gasteiger partial charge in [0.2, 0.25) is 0 Å².